The van der Waals surface area contributed by atoms with Crippen LogP contribution in [0.4, 0.5) is 11.5 Å². The summed E-state index contributed by atoms with van der Waals surface area (Å²) in [6.45, 7) is 10.8. The fourth-order valence-electron chi connectivity index (χ4n) is 2.37. The molecule has 1 saturated heterocycles. The molecule has 1 aliphatic rings. The second kappa shape index (κ2) is 4.91. The fraction of sp³-hybridized carbons (Fsp3) is 0.267. The van der Waals surface area contributed by atoms with Crippen LogP contribution in [0.15, 0.2) is 24.3 Å². The van der Waals surface area contributed by atoms with Gasteiger partial charge in [-0.25, -0.2) is 9.83 Å². The Hall–Kier alpha value is -2.45. The molecular weight excluding hydrogens is 252 g/mol. The molecule has 1 fully saturated rings. The number of aryl methyl sites for hydroxylation is 1. The molecule has 0 spiro atoms. The zero-order valence-corrected chi connectivity index (χ0v) is 11.2. The van der Waals surface area contributed by atoms with Gasteiger partial charge in [0.15, 0.2) is 5.69 Å². The first-order valence-electron chi connectivity index (χ1n) is 6.49. The third kappa shape index (κ3) is 2.10. The first-order chi connectivity index (χ1) is 9.69. The Labute approximate surface area is 117 Å². The molecule has 2 heterocycles. The highest BCUT2D eigenvalue weighted by molar-refractivity contribution is 5.96. The van der Waals surface area contributed by atoms with Gasteiger partial charge in [0.2, 0.25) is 5.91 Å². The van der Waals surface area contributed by atoms with Gasteiger partial charge in [-0.15, -0.1) is 0 Å². The van der Waals surface area contributed by atoms with E-state index in [2.05, 4.69) is 15.1 Å². The smallest absolute Gasteiger partial charge is 0.242 e. The minimum absolute atomic E-state index is 0.0394. The monoisotopic (exact) mass is 266 g/mol. The van der Waals surface area contributed by atoms with Crippen molar-refractivity contribution < 1.29 is 4.79 Å². The Morgan fingerprint density at radius 3 is 3.00 bits per heavy atom. The van der Waals surface area contributed by atoms with Crippen molar-refractivity contribution in [2.45, 2.75) is 6.92 Å². The van der Waals surface area contributed by atoms with Gasteiger partial charge in [-0.3, -0.25) is 9.69 Å². The quantitative estimate of drug-likeness (QED) is 0.803. The average molecular weight is 266 g/mol. The maximum Gasteiger partial charge on any atom is 0.242 e. The highest BCUT2D eigenvalue weighted by Crippen LogP contribution is 2.26. The lowest BCUT2D eigenvalue weighted by Crippen LogP contribution is -2.48. The fourth-order valence-corrected chi connectivity index (χ4v) is 2.37. The van der Waals surface area contributed by atoms with Gasteiger partial charge < -0.3 is 5.32 Å². The van der Waals surface area contributed by atoms with Gasteiger partial charge in [-0.1, -0.05) is 6.07 Å². The minimum atomic E-state index is 0.0394. The molecule has 0 atom stereocenters. The van der Waals surface area contributed by atoms with E-state index in [-0.39, 0.29) is 5.91 Å². The second-order valence-corrected chi connectivity index (χ2v) is 4.83. The molecule has 0 unspecified atom stereocenters. The van der Waals surface area contributed by atoms with Gasteiger partial charge in [0.05, 0.1) is 18.6 Å². The topological polar surface area (TPSA) is 49.6 Å². The van der Waals surface area contributed by atoms with E-state index < -0.39 is 0 Å². The molecule has 1 aliphatic heterocycles. The van der Waals surface area contributed by atoms with E-state index in [1.54, 1.807) is 4.90 Å². The summed E-state index contributed by atoms with van der Waals surface area (Å²) in [6.07, 6.45) is 0. The molecule has 0 radical (unpaired) electrons. The number of fused-ring (bicyclic) bond motifs is 1. The summed E-state index contributed by atoms with van der Waals surface area (Å²) in [7, 11) is 0. The number of pyridine rings is 1. The van der Waals surface area contributed by atoms with Gasteiger partial charge in [0.1, 0.15) is 5.82 Å². The molecule has 100 valence electrons. The van der Waals surface area contributed by atoms with Crippen molar-refractivity contribution in [3.8, 4) is 0 Å². The number of hydrogen-bond donors (Lipinski definition) is 1. The van der Waals surface area contributed by atoms with E-state index in [9.17, 15) is 4.79 Å². The highest BCUT2D eigenvalue weighted by atomic mass is 16.2. The predicted octanol–water partition coefficient (Wildman–Crippen LogP) is 2.03. The van der Waals surface area contributed by atoms with Gasteiger partial charge in [0, 0.05) is 13.1 Å². The lowest BCUT2D eigenvalue weighted by atomic mass is 10.1. The van der Waals surface area contributed by atoms with E-state index in [1.165, 1.54) is 0 Å². The van der Waals surface area contributed by atoms with E-state index in [4.69, 9.17) is 6.57 Å². The average Bonchev–Trinajstić information content (AvgIpc) is 2.46. The zero-order valence-electron chi connectivity index (χ0n) is 11.2. The van der Waals surface area contributed by atoms with Gasteiger partial charge >= 0.3 is 0 Å². The normalized spacial score (nSPS) is 15.4. The molecule has 1 N–H and O–H groups in total. The van der Waals surface area contributed by atoms with Gasteiger partial charge in [-0.05, 0) is 36.1 Å². The summed E-state index contributed by atoms with van der Waals surface area (Å²) < 4.78 is 0. The van der Waals surface area contributed by atoms with Crippen LogP contribution in [0.2, 0.25) is 0 Å². The molecule has 0 saturated carbocycles. The van der Waals surface area contributed by atoms with Crippen LogP contribution < -0.4 is 10.2 Å². The predicted molar refractivity (Wildman–Crippen MR) is 78.0 cm³/mol. The molecule has 5 nitrogen and oxygen atoms in total. The lowest BCUT2D eigenvalue weighted by Gasteiger charge is -2.26. The van der Waals surface area contributed by atoms with Crippen LogP contribution >= 0.6 is 0 Å². The first-order valence-corrected chi connectivity index (χ1v) is 6.49. The van der Waals surface area contributed by atoms with Gasteiger partial charge in [-0.2, -0.15) is 0 Å². The number of piperazine rings is 1. The van der Waals surface area contributed by atoms with Crippen LogP contribution in [0, 0.1) is 13.5 Å². The number of carbonyl (C=O) groups excluding carboxylic acids is 1. The number of amides is 1. The molecule has 1 aromatic heterocycles. The first kappa shape index (κ1) is 12.6. The SMILES string of the molecule is [C-]#[N+]c1cc2ccc(N3CCNCC3=O)nc2cc1C. The van der Waals surface area contributed by atoms with Crippen LogP contribution in [0.5, 0.6) is 0 Å². The second-order valence-electron chi connectivity index (χ2n) is 4.83. The molecule has 1 amide bonds. The van der Waals surface area contributed by atoms with Crippen molar-refractivity contribution in [3.05, 3.63) is 41.2 Å². The molecule has 2 aromatic rings. The number of carbonyl (C=O) groups is 1. The Balaban J connectivity index is 2.07. The summed E-state index contributed by atoms with van der Waals surface area (Å²) >= 11 is 0. The Bertz CT molecular complexity index is 732. The van der Waals surface area contributed by atoms with Crippen molar-refractivity contribution in [1.82, 2.24) is 10.3 Å². The number of anilines is 1. The zero-order chi connectivity index (χ0) is 14.1. The van der Waals surface area contributed by atoms with Gasteiger partial charge in [0.25, 0.3) is 0 Å². The number of benzene rings is 1. The number of aromatic nitrogens is 1. The Morgan fingerprint density at radius 1 is 1.40 bits per heavy atom. The van der Waals surface area contributed by atoms with Crippen molar-refractivity contribution in [2.75, 3.05) is 24.5 Å². The van der Waals surface area contributed by atoms with Crippen LogP contribution in [0.3, 0.4) is 0 Å². The largest absolute Gasteiger partial charge is 0.307 e. The maximum atomic E-state index is 11.9. The number of rotatable bonds is 1. The van der Waals surface area contributed by atoms with E-state index >= 15 is 0 Å². The summed E-state index contributed by atoms with van der Waals surface area (Å²) in [5.74, 6) is 0.719. The van der Waals surface area contributed by atoms with E-state index in [0.29, 0.717) is 24.6 Å². The van der Waals surface area contributed by atoms with Crippen molar-refractivity contribution >= 4 is 28.3 Å². The third-order valence-electron chi connectivity index (χ3n) is 3.48. The van der Waals surface area contributed by atoms with Crippen molar-refractivity contribution in [2.24, 2.45) is 0 Å². The molecule has 0 bridgehead atoms. The minimum Gasteiger partial charge on any atom is -0.307 e. The van der Waals surface area contributed by atoms with Crippen LogP contribution in [0.25, 0.3) is 15.7 Å². The summed E-state index contributed by atoms with van der Waals surface area (Å²) in [6, 6.07) is 7.50. The number of nitrogens with zero attached hydrogens (tertiary/aromatic N) is 3. The number of nitrogens with one attached hydrogen (secondary N) is 1. The lowest BCUT2D eigenvalue weighted by molar-refractivity contribution is -0.118. The van der Waals surface area contributed by atoms with Crippen LogP contribution in [-0.4, -0.2) is 30.5 Å². The van der Waals surface area contributed by atoms with E-state index in [0.717, 1.165) is 23.0 Å². The molecular formula is C15H14N4O. The van der Waals surface area contributed by atoms with Crippen molar-refractivity contribution in [3.63, 3.8) is 0 Å². The van der Waals surface area contributed by atoms with Crippen LogP contribution in [-0.2, 0) is 4.79 Å². The molecule has 20 heavy (non-hydrogen) atoms. The molecule has 5 heteroatoms. The van der Waals surface area contributed by atoms with Crippen molar-refractivity contribution in [1.29, 1.82) is 0 Å². The van der Waals surface area contributed by atoms with Crippen LogP contribution in [0.1, 0.15) is 5.56 Å². The summed E-state index contributed by atoms with van der Waals surface area (Å²) in [5, 5.41) is 3.97. The highest BCUT2D eigenvalue weighted by Gasteiger charge is 2.20. The number of hydrogen-bond acceptors (Lipinski definition) is 3. The van der Waals surface area contributed by atoms with E-state index in [1.807, 2.05) is 31.2 Å². The third-order valence-corrected chi connectivity index (χ3v) is 3.48. The Kier molecular flexibility index (Phi) is 3.09. The molecule has 1 aromatic carbocycles. The molecule has 0 aliphatic carbocycles. The Morgan fingerprint density at radius 2 is 2.25 bits per heavy atom. The standard InChI is InChI=1S/C15H14N4O/c1-10-7-13-11(8-12(10)16-2)3-4-14(18-13)19-6-5-17-9-15(19)20/h3-4,7-8,17H,5-6,9H2,1H3. The summed E-state index contributed by atoms with van der Waals surface area (Å²) in [4.78, 5) is 21.6. The maximum absolute atomic E-state index is 11.9. The molecule has 3 rings (SSSR count). The summed E-state index contributed by atoms with van der Waals surface area (Å²) in [5.41, 5.74) is 2.37.